The molecule has 0 amide bonds. The van der Waals surface area contributed by atoms with Crippen LogP contribution in [0.15, 0.2) is 55.5 Å². The van der Waals surface area contributed by atoms with Crippen LogP contribution in [0.2, 0.25) is 0 Å². The van der Waals surface area contributed by atoms with Crippen LogP contribution in [-0.2, 0) is 21.5 Å². The SMILES string of the molecule is CC(C)(CCCOCn1ccc(=O)[nH]c1=O)NS(=O)(=O)c1cccc(Br)c1. The van der Waals surface area contributed by atoms with Gasteiger partial charge >= 0.3 is 5.69 Å². The van der Waals surface area contributed by atoms with Crippen LogP contribution in [-0.4, -0.2) is 30.1 Å². The Hall–Kier alpha value is -1.75. The first kappa shape index (κ1) is 21.5. The van der Waals surface area contributed by atoms with Gasteiger partial charge in [0.2, 0.25) is 10.0 Å². The molecule has 2 rings (SSSR count). The van der Waals surface area contributed by atoms with E-state index in [0.29, 0.717) is 23.9 Å². The average Bonchev–Trinajstić information content (AvgIpc) is 2.55. The van der Waals surface area contributed by atoms with E-state index < -0.39 is 26.8 Å². The lowest BCUT2D eigenvalue weighted by atomic mass is 10.0. The van der Waals surface area contributed by atoms with E-state index in [0.717, 1.165) is 0 Å². The molecule has 0 unspecified atom stereocenters. The van der Waals surface area contributed by atoms with Gasteiger partial charge in [0, 0.05) is 28.9 Å². The number of nitrogens with one attached hydrogen (secondary N) is 2. The molecule has 0 aliphatic rings. The zero-order chi connectivity index (χ0) is 20.1. The topological polar surface area (TPSA) is 110 Å². The summed E-state index contributed by atoms with van der Waals surface area (Å²) in [5.41, 5.74) is -1.67. The fourth-order valence-corrected chi connectivity index (χ4v) is 4.47. The molecule has 2 aromatic rings. The predicted molar refractivity (Wildman–Crippen MR) is 105 cm³/mol. The van der Waals surface area contributed by atoms with Crippen molar-refractivity contribution in [3.05, 3.63) is 61.8 Å². The van der Waals surface area contributed by atoms with Crippen LogP contribution in [0.5, 0.6) is 0 Å². The van der Waals surface area contributed by atoms with Crippen molar-refractivity contribution in [2.45, 2.75) is 43.9 Å². The van der Waals surface area contributed by atoms with Crippen LogP contribution in [0.1, 0.15) is 26.7 Å². The summed E-state index contributed by atoms with van der Waals surface area (Å²) in [4.78, 5) is 24.9. The van der Waals surface area contributed by atoms with Crippen LogP contribution in [0, 0.1) is 0 Å². The molecule has 0 atom stereocenters. The molecule has 1 heterocycles. The monoisotopic (exact) mass is 459 g/mol. The van der Waals surface area contributed by atoms with Gasteiger partial charge in [0.15, 0.2) is 0 Å². The van der Waals surface area contributed by atoms with E-state index in [1.54, 1.807) is 32.0 Å². The third kappa shape index (κ3) is 6.73. The van der Waals surface area contributed by atoms with E-state index >= 15 is 0 Å². The highest BCUT2D eigenvalue weighted by Gasteiger charge is 2.25. The molecule has 0 spiro atoms. The number of halogens is 1. The van der Waals surface area contributed by atoms with E-state index in [-0.39, 0.29) is 11.6 Å². The molecule has 2 N–H and O–H groups in total. The maximum absolute atomic E-state index is 12.5. The molecule has 0 saturated heterocycles. The molecule has 10 heteroatoms. The molecule has 27 heavy (non-hydrogen) atoms. The van der Waals surface area contributed by atoms with Gasteiger partial charge in [-0.1, -0.05) is 22.0 Å². The van der Waals surface area contributed by atoms with Gasteiger partial charge < -0.3 is 4.74 Å². The lowest BCUT2D eigenvalue weighted by Gasteiger charge is -2.26. The fourth-order valence-electron chi connectivity index (χ4n) is 2.43. The summed E-state index contributed by atoms with van der Waals surface area (Å²) < 4.78 is 35.1. The molecule has 0 aliphatic carbocycles. The lowest BCUT2D eigenvalue weighted by Crippen LogP contribution is -2.43. The van der Waals surface area contributed by atoms with E-state index in [1.165, 1.54) is 22.9 Å². The second-order valence-corrected chi connectivity index (χ2v) is 9.27. The Morgan fingerprint density at radius 2 is 2.00 bits per heavy atom. The van der Waals surface area contributed by atoms with Gasteiger partial charge in [-0.15, -0.1) is 0 Å². The number of hydrogen-bond acceptors (Lipinski definition) is 5. The number of H-pyrrole nitrogens is 1. The number of aromatic amines is 1. The Labute approximate surface area is 165 Å². The van der Waals surface area contributed by atoms with Crippen LogP contribution >= 0.6 is 15.9 Å². The molecule has 0 bridgehead atoms. The Morgan fingerprint density at radius 1 is 1.26 bits per heavy atom. The van der Waals surface area contributed by atoms with Crippen molar-refractivity contribution in [2.75, 3.05) is 6.61 Å². The second kappa shape index (κ2) is 8.96. The second-order valence-electron chi connectivity index (χ2n) is 6.67. The zero-order valence-electron chi connectivity index (χ0n) is 15.1. The molecule has 0 saturated carbocycles. The number of rotatable bonds is 9. The van der Waals surface area contributed by atoms with Gasteiger partial charge in [-0.3, -0.25) is 14.3 Å². The number of hydrogen-bond donors (Lipinski definition) is 2. The molecule has 148 valence electrons. The Kier molecular flexibility index (Phi) is 7.15. The van der Waals surface area contributed by atoms with Gasteiger partial charge in [0.05, 0.1) is 4.90 Å². The first-order valence-corrected chi connectivity index (χ1v) is 10.5. The van der Waals surface area contributed by atoms with Crippen molar-refractivity contribution in [1.82, 2.24) is 14.3 Å². The number of aromatic nitrogens is 2. The smallest absolute Gasteiger partial charge is 0.330 e. The summed E-state index contributed by atoms with van der Waals surface area (Å²) in [6.45, 7) is 3.96. The van der Waals surface area contributed by atoms with Crippen molar-refractivity contribution in [3.63, 3.8) is 0 Å². The van der Waals surface area contributed by atoms with Crippen molar-refractivity contribution in [2.24, 2.45) is 0 Å². The van der Waals surface area contributed by atoms with Crippen LogP contribution < -0.4 is 16.0 Å². The molecule has 0 fully saturated rings. The van der Waals surface area contributed by atoms with Crippen molar-refractivity contribution in [3.8, 4) is 0 Å². The minimum Gasteiger partial charge on any atom is -0.361 e. The molecule has 1 aromatic heterocycles. The van der Waals surface area contributed by atoms with Crippen molar-refractivity contribution in [1.29, 1.82) is 0 Å². The minimum absolute atomic E-state index is 0.0137. The zero-order valence-corrected chi connectivity index (χ0v) is 17.5. The third-order valence-corrected chi connectivity index (χ3v) is 5.92. The maximum atomic E-state index is 12.5. The molecular weight excluding hydrogens is 438 g/mol. The van der Waals surface area contributed by atoms with Crippen LogP contribution in [0.3, 0.4) is 0 Å². The highest BCUT2D eigenvalue weighted by molar-refractivity contribution is 9.10. The standard InChI is InChI=1S/C17H22BrN3O5S/c1-17(2,20-27(24,25)14-6-3-5-13(18)11-14)8-4-10-26-12-21-9-7-15(22)19-16(21)23/h3,5-7,9,11,20H,4,8,10,12H2,1-2H3,(H,19,22,23). The Bertz CT molecular complexity index is 998. The first-order valence-electron chi connectivity index (χ1n) is 8.26. The Balaban J connectivity index is 1.84. The van der Waals surface area contributed by atoms with Crippen molar-refractivity contribution < 1.29 is 13.2 Å². The van der Waals surface area contributed by atoms with Crippen LogP contribution in [0.25, 0.3) is 0 Å². The van der Waals surface area contributed by atoms with Gasteiger partial charge in [-0.2, -0.15) is 0 Å². The van der Waals surface area contributed by atoms with Gasteiger partial charge in [-0.25, -0.2) is 17.9 Å². The van der Waals surface area contributed by atoms with Crippen molar-refractivity contribution >= 4 is 26.0 Å². The maximum Gasteiger partial charge on any atom is 0.330 e. The summed E-state index contributed by atoms with van der Waals surface area (Å²) in [5.74, 6) is 0. The van der Waals surface area contributed by atoms with E-state index in [4.69, 9.17) is 4.74 Å². The molecule has 8 nitrogen and oxygen atoms in total. The third-order valence-electron chi connectivity index (χ3n) is 3.73. The Morgan fingerprint density at radius 3 is 2.67 bits per heavy atom. The number of sulfonamides is 1. The largest absolute Gasteiger partial charge is 0.361 e. The number of ether oxygens (including phenoxy) is 1. The molecule has 0 aliphatic heterocycles. The van der Waals surface area contributed by atoms with E-state index in [1.807, 2.05) is 0 Å². The molecule has 1 aromatic carbocycles. The van der Waals surface area contributed by atoms with E-state index in [9.17, 15) is 18.0 Å². The van der Waals surface area contributed by atoms with Gasteiger partial charge in [0.25, 0.3) is 5.56 Å². The lowest BCUT2D eigenvalue weighted by molar-refractivity contribution is 0.0680. The highest BCUT2D eigenvalue weighted by Crippen LogP contribution is 2.20. The fraction of sp³-hybridized carbons (Fsp3) is 0.412. The van der Waals surface area contributed by atoms with Crippen LogP contribution in [0.4, 0.5) is 0 Å². The minimum atomic E-state index is -3.64. The van der Waals surface area contributed by atoms with Gasteiger partial charge in [-0.05, 0) is 44.9 Å². The summed E-state index contributed by atoms with van der Waals surface area (Å²) in [5, 5.41) is 0. The summed E-state index contributed by atoms with van der Waals surface area (Å²) in [6, 6.07) is 7.75. The number of nitrogens with zero attached hydrogens (tertiary/aromatic N) is 1. The number of benzene rings is 1. The molecular formula is C17H22BrN3O5S. The summed E-state index contributed by atoms with van der Waals surface area (Å²) in [6.07, 6.45) is 2.49. The average molecular weight is 460 g/mol. The summed E-state index contributed by atoms with van der Waals surface area (Å²) >= 11 is 3.27. The molecule has 0 radical (unpaired) electrons. The first-order chi connectivity index (χ1) is 12.6. The quantitative estimate of drug-likeness (QED) is 0.555. The predicted octanol–water partition coefficient (Wildman–Crippen LogP) is 1.81. The highest BCUT2D eigenvalue weighted by atomic mass is 79.9. The van der Waals surface area contributed by atoms with Gasteiger partial charge in [0.1, 0.15) is 6.73 Å². The normalized spacial score (nSPS) is 12.3. The van der Waals surface area contributed by atoms with E-state index in [2.05, 4.69) is 25.6 Å². The summed E-state index contributed by atoms with van der Waals surface area (Å²) in [7, 11) is -3.64.